The second-order valence-corrected chi connectivity index (χ2v) is 6.37. The van der Waals surface area contributed by atoms with Crippen molar-refractivity contribution in [2.24, 2.45) is 0 Å². The minimum atomic E-state index is 0.262. The molecule has 1 aliphatic rings. The Bertz CT molecular complexity index is 430. The van der Waals surface area contributed by atoms with E-state index in [1.807, 2.05) is 26.0 Å². The van der Waals surface area contributed by atoms with E-state index in [0.29, 0.717) is 31.9 Å². The summed E-state index contributed by atoms with van der Waals surface area (Å²) in [6, 6.07) is 9.37. The minimum Gasteiger partial charge on any atom is -0.492 e. The Morgan fingerprint density at radius 2 is 1.82 bits per heavy atom. The summed E-state index contributed by atoms with van der Waals surface area (Å²) in [5, 5.41) is 0. The molecule has 1 aliphatic heterocycles. The SMILES string of the molecule is CC(C)OCCOCc1ccc(OCC2CN2C(C)C)cc1. The third kappa shape index (κ3) is 5.95. The maximum Gasteiger partial charge on any atom is 0.119 e. The number of nitrogens with zero attached hydrogens (tertiary/aromatic N) is 1. The van der Waals surface area contributed by atoms with Crippen molar-refractivity contribution in [3.05, 3.63) is 29.8 Å². The molecule has 1 aromatic rings. The number of ether oxygens (including phenoxy) is 3. The zero-order chi connectivity index (χ0) is 15.9. The van der Waals surface area contributed by atoms with Crippen LogP contribution in [-0.2, 0) is 16.1 Å². The molecule has 0 saturated carbocycles. The Labute approximate surface area is 134 Å². The lowest BCUT2D eigenvalue weighted by Crippen LogP contribution is -2.16. The molecule has 0 spiro atoms. The Kier molecular flexibility index (Phi) is 6.68. The van der Waals surface area contributed by atoms with Crippen molar-refractivity contribution in [3.8, 4) is 5.75 Å². The maximum absolute atomic E-state index is 5.83. The smallest absolute Gasteiger partial charge is 0.119 e. The largest absolute Gasteiger partial charge is 0.492 e. The molecule has 0 amide bonds. The summed E-state index contributed by atoms with van der Waals surface area (Å²) in [7, 11) is 0. The van der Waals surface area contributed by atoms with E-state index in [4.69, 9.17) is 14.2 Å². The second-order valence-electron chi connectivity index (χ2n) is 6.37. The van der Waals surface area contributed by atoms with Crippen molar-refractivity contribution in [3.63, 3.8) is 0 Å². The van der Waals surface area contributed by atoms with Gasteiger partial charge in [0.15, 0.2) is 0 Å². The third-order valence-corrected chi connectivity index (χ3v) is 3.73. The van der Waals surface area contributed by atoms with Crippen LogP contribution in [0.3, 0.4) is 0 Å². The predicted octanol–water partition coefficient (Wildman–Crippen LogP) is 3.10. The number of rotatable bonds is 10. The number of benzene rings is 1. The summed E-state index contributed by atoms with van der Waals surface area (Å²) in [5.74, 6) is 0.933. The Morgan fingerprint density at radius 1 is 1.09 bits per heavy atom. The highest BCUT2D eigenvalue weighted by Crippen LogP contribution is 2.22. The van der Waals surface area contributed by atoms with Crippen LogP contribution in [0.5, 0.6) is 5.75 Å². The number of hydrogen-bond acceptors (Lipinski definition) is 4. The van der Waals surface area contributed by atoms with Gasteiger partial charge in [0.05, 0.1) is 32.0 Å². The van der Waals surface area contributed by atoms with Crippen LogP contribution in [0, 0.1) is 0 Å². The van der Waals surface area contributed by atoms with Gasteiger partial charge in [-0.15, -0.1) is 0 Å². The summed E-state index contributed by atoms with van der Waals surface area (Å²) in [4.78, 5) is 2.43. The van der Waals surface area contributed by atoms with Crippen molar-refractivity contribution in [1.29, 1.82) is 0 Å². The quantitative estimate of drug-likeness (QED) is 0.491. The zero-order valence-electron chi connectivity index (χ0n) is 14.2. The molecule has 0 radical (unpaired) electrons. The van der Waals surface area contributed by atoms with Crippen LogP contribution in [0.15, 0.2) is 24.3 Å². The van der Waals surface area contributed by atoms with Gasteiger partial charge in [-0.2, -0.15) is 0 Å². The Balaban J connectivity index is 1.61. The second kappa shape index (κ2) is 8.51. The molecule has 1 aromatic carbocycles. The summed E-state index contributed by atoms with van der Waals surface area (Å²) < 4.78 is 16.9. The van der Waals surface area contributed by atoms with Crippen LogP contribution in [0.4, 0.5) is 0 Å². The van der Waals surface area contributed by atoms with Gasteiger partial charge < -0.3 is 14.2 Å². The third-order valence-electron chi connectivity index (χ3n) is 3.73. The van der Waals surface area contributed by atoms with Crippen LogP contribution in [0.2, 0.25) is 0 Å². The maximum atomic E-state index is 5.83. The van der Waals surface area contributed by atoms with E-state index in [-0.39, 0.29) is 6.10 Å². The van der Waals surface area contributed by atoms with Gasteiger partial charge >= 0.3 is 0 Å². The highest BCUT2D eigenvalue weighted by atomic mass is 16.5. The Hall–Kier alpha value is -1.10. The highest BCUT2D eigenvalue weighted by Gasteiger charge is 2.36. The first-order valence-electron chi connectivity index (χ1n) is 8.23. The first-order chi connectivity index (χ1) is 10.6. The molecular formula is C18H29NO3. The Morgan fingerprint density at radius 3 is 2.41 bits per heavy atom. The van der Waals surface area contributed by atoms with E-state index >= 15 is 0 Å². The van der Waals surface area contributed by atoms with Crippen molar-refractivity contribution in [1.82, 2.24) is 4.90 Å². The first-order valence-corrected chi connectivity index (χ1v) is 8.23. The van der Waals surface area contributed by atoms with E-state index < -0.39 is 0 Å². The fourth-order valence-corrected chi connectivity index (χ4v) is 2.38. The summed E-state index contributed by atoms with van der Waals surface area (Å²) in [6.07, 6.45) is 0.262. The van der Waals surface area contributed by atoms with E-state index in [1.54, 1.807) is 0 Å². The molecule has 4 heteroatoms. The molecule has 0 N–H and O–H groups in total. The summed E-state index contributed by atoms with van der Waals surface area (Å²) >= 11 is 0. The van der Waals surface area contributed by atoms with Gasteiger partial charge in [0, 0.05) is 12.6 Å². The predicted molar refractivity (Wildman–Crippen MR) is 88.3 cm³/mol. The van der Waals surface area contributed by atoms with Gasteiger partial charge in [-0.25, -0.2) is 0 Å². The summed E-state index contributed by atoms with van der Waals surface area (Å²) in [6.45, 7) is 12.3. The van der Waals surface area contributed by atoms with Crippen LogP contribution >= 0.6 is 0 Å². The molecule has 124 valence electrons. The molecule has 1 saturated heterocycles. The van der Waals surface area contributed by atoms with Gasteiger partial charge in [-0.1, -0.05) is 12.1 Å². The van der Waals surface area contributed by atoms with Gasteiger partial charge in [0.25, 0.3) is 0 Å². The number of hydrogen-bond donors (Lipinski definition) is 0. The lowest BCUT2D eigenvalue weighted by Gasteiger charge is -2.10. The van der Waals surface area contributed by atoms with Crippen LogP contribution in [-0.4, -0.2) is 49.5 Å². The molecule has 0 aliphatic carbocycles. The molecule has 1 fully saturated rings. The zero-order valence-corrected chi connectivity index (χ0v) is 14.2. The molecule has 0 aromatic heterocycles. The van der Waals surface area contributed by atoms with Crippen LogP contribution in [0.1, 0.15) is 33.3 Å². The van der Waals surface area contributed by atoms with Gasteiger partial charge in [0.2, 0.25) is 0 Å². The molecule has 2 atom stereocenters. The molecular weight excluding hydrogens is 278 g/mol. The normalized spacial score (nSPS) is 20.6. The average molecular weight is 307 g/mol. The lowest BCUT2D eigenvalue weighted by molar-refractivity contribution is 0.0143. The van der Waals surface area contributed by atoms with Gasteiger partial charge in [0.1, 0.15) is 12.4 Å². The fourth-order valence-electron chi connectivity index (χ4n) is 2.38. The molecule has 0 bridgehead atoms. The lowest BCUT2D eigenvalue weighted by atomic mass is 10.2. The monoisotopic (exact) mass is 307 g/mol. The average Bonchev–Trinajstić information content (AvgIpc) is 3.25. The van der Waals surface area contributed by atoms with E-state index in [0.717, 1.165) is 24.5 Å². The van der Waals surface area contributed by atoms with Crippen LogP contribution < -0.4 is 4.74 Å². The molecule has 2 rings (SSSR count). The van der Waals surface area contributed by atoms with Crippen molar-refractivity contribution >= 4 is 0 Å². The van der Waals surface area contributed by atoms with Crippen molar-refractivity contribution in [2.75, 3.05) is 26.4 Å². The summed E-state index contributed by atoms with van der Waals surface area (Å²) in [5.41, 5.74) is 1.16. The van der Waals surface area contributed by atoms with Crippen molar-refractivity contribution in [2.45, 2.75) is 52.5 Å². The van der Waals surface area contributed by atoms with Gasteiger partial charge in [-0.3, -0.25) is 4.90 Å². The highest BCUT2D eigenvalue weighted by molar-refractivity contribution is 5.27. The van der Waals surface area contributed by atoms with Crippen LogP contribution in [0.25, 0.3) is 0 Å². The van der Waals surface area contributed by atoms with Crippen molar-refractivity contribution < 1.29 is 14.2 Å². The molecule has 2 unspecified atom stereocenters. The topological polar surface area (TPSA) is 30.7 Å². The standard InChI is InChI=1S/C18H29NO3/c1-14(2)19-11-17(19)13-22-18-7-5-16(6-8-18)12-20-9-10-21-15(3)4/h5-8,14-15,17H,9-13H2,1-4H3. The molecule has 4 nitrogen and oxygen atoms in total. The molecule has 22 heavy (non-hydrogen) atoms. The van der Waals surface area contributed by atoms with Gasteiger partial charge in [-0.05, 0) is 45.4 Å². The fraction of sp³-hybridized carbons (Fsp3) is 0.667. The van der Waals surface area contributed by atoms with E-state index in [2.05, 4.69) is 30.9 Å². The minimum absolute atomic E-state index is 0.262. The van der Waals surface area contributed by atoms with E-state index in [9.17, 15) is 0 Å². The molecule has 1 heterocycles. The van der Waals surface area contributed by atoms with E-state index in [1.165, 1.54) is 0 Å². The first kappa shape index (κ1) is 17.3.